The second kappa shape index (κ2) is 6.06. The van der Waals surface area contributed by atoms with Crippen LogP contribution < -0.4 is 5.32 Å². The molecule has 19 heavy (non-hydrogen) atoms. The molecule has 0 bridgehead atoms. The van der Waals surface area contributed by atoms with Crippen molar-refractivity contribution in [3.63, 3.8) is 0 Å². The van der Waals surface area contributed by atoms with Crippen LogP contribution in [0.15, 0.2) is 34.3 Å². The summed E-state index contributed by atoms with van der Waals surface area (Å²) < 4.78 is 13.7. The minimum Gasteiger partial charge on any atom is -0.317 e. The number of nitrogens with zero attached hydrogens (tertiary/aromatic N) is 2. The molecule has 2 heterocycles. The highest BCUT2D eigenvalue weighted by atomic mass is 19.1. The topological polar surface area (TPSA) is 36.8 Å². The molecule has 1 aromatic carbocycles. The van der Waals surface area contributed by atoms with Gasteiger partial charge in [0, 0.05) is 11.6 Å². The lowest BCUT2D eigenvalue weighted by Gasteiger charge is -2.22. The number of benzene rings is 1. The van der Waals surface area contributed by atoms with Gasteiger partial charge in [0.05, 0.1) is 12.1 Å². The van der Waals surface area contributed by atoms with E-state index in [1.54, 1.807) is 12.1 Å². The summed E-state index contributed by atoms with van der Waals surface area (Å²) >= 11 is 0. The van der Waals surface area contributed by atoms with Crippen LogP contribution in [0.3, 0.4) is 0 Å². The van der Waals surface area contributed by atoms with Crippen LogP contribution in [0.25, 0.3) is 0 Å². The van der Waals surface area contributed by atoms with Gasteiger partial charge in [-0.15, -0.1) is 0 Å². The van der Waals surface area contributed by atoms with Crippen LogP contribution in [-0.4, -0.2) is 31.2 Å². The molecule has 1 N–H and O–H groups in total. The van der Waals surface area contributed by atoms with Gasteiger partial charge in [0.1, 0.15) is 5.82 Å². The standard InChI is InChI=1S/C14H16FN3.CH4/c15-12-4-2-1-3-11(12)14-17-9-13(18-14)10-5-7-16-8-6-10;/h1-4,10,16H,5-9H2;1H4. The van der Waals surface area contributed by atoms with E-state index in [1.165, 1.54) is 6.07 Å². The number of amidine groups is 1. The van der Waals surface area contributed by atoms with Crippen molar-refractivity contribution in [1.82, 2.24) is 5.32 Å². The molecule has 3 rings (SSSR count). The molecule has 102 valence electrons. The maximum absolute atomic E-state index is 13.7. The predicted octanol–water partition coefficient (Wildman–Crippen LogP) is 2.66. The van der Waals surface area contributed by atoms with E-state index in [9.17, 15) is 4.39 Å². The average Bonchev–Trinajstić information content (AvgIpc) is 2.90. The highest BCUT2D eigenvalue weighted by Crippen LogP contribution is 2.20. The van der Waals surface area contributed by atoms with E-state index in [1.807, 2.05) is 6.07 Å². The minimum atomic E-state index is -0.244. The summed E-state index contributed by atoms with van der Waals surface area (Å²) in [4.78, 5) is 8.92. The highest BCUT2D eigenvalue weighted by molar-refractivity contribution is 6.12. The lowest BCUT2D eigenvalue weighted by atomic mass is 9.93. The second-order valence-electron chi connectivity index (χ2n) is 4.75. The third kappa shape index (κ3) is 2.89. The Morgan fingerprint density at radius 2 is 1.89 bits per heavy atom. The lowest BCUT2D eigenvalue weighted by molar-refractivity contribution is 0.455. The zero-order valence-electron chi connectivity index (χ0n) is 10.2. The molecule has 0 unspecified atom stereocenters. The molecular weight excluding hydrogens is 241 g/mol. The van der Waals surface area contributed by atoms with Gasteiger partial charge in [0.2, 0.25) is 0 Å². The quantitative estimate of drug-likeness (QED) is 0.873. The van der Waals surface area contributed by atoms with Gasteiger partial charge in [-0.25, -0.2) is 9.38 Å². The van der Waals surface area contributed by atoms with Gasteiger partial charge >= 0.3 is 0 Å². The van der Waals surface area contributed by atoms with Crippen LogP contribution >= 0.6 is 0 Å². The molecule has 4 heteroatoms. The summed E-state index contributed by atoms with van der Waals surface area (Å²) in [5.41, 5.74) is 1.64. The number of halogens is 1. The fraction of sp³-hybridized carbons (Fsp3) is 0.467. The summed E-state index contributed by atoms with van der Waals surface area (Å²) in [5, 5.41) is 3.34. The van der Waals surface area contributed by atoms with E-state index in [0.717, 1.165) is 31.6 Å². The van der Waals surface area contributed by atoms with Crippen molar-refractivity contribution in [2.45, 2.75) is 20.3 Å². The summed E-state index contributed by atoms with van der Waals surface area (Å²) in [6.45, 7) is 2.71. The second-order valence-corrected chi connectivity index (χ2v) is 4.75. The molecule has 0 radical (unpaired) electrons. The van der Waals surface area contributed by atoms with Gasteiger partial charge in [-0.2, -0.15) is 0 Å². The molecule has 0 atom stereocenters. The minimum absolute atomic E-state index is 0. The van der Waals surface area contributed by atoms with E-state index in [4.69, 9.17) is 0 Å². The normalized spacial score (nSPS) is 19.6. The fourth-order valence-electron chi connectivity index (χ4n) is 2.53. The van der Waals surface area contributed by atoms with E-state index >= 15 is 0 Å². The smallest absolute Gasteiger partial charge is 0.157 e. The molecular formula is C15H20FN3. The van der Waals surface area contributed by atoms with Crippen molar-refractivity contribution in [2.24, 2.45) is 15.9 Å². The van der Waals surface area contributed by atoms with Gasteiger partial charge in [-0.3, -0.25) is 4.99 Å². The van der Waals surface area contributed by atoms with Crippen molar-refractivity contribution in [1.29, 1.82) is 0 Å². The summed E-state index contributed by atoms with van der Waals surface area (Å²) in [7, 11) is 0. The Morgan fingerprint density at radius 3 is 2.63 bits per heavy atom. The van der Waals surface area contributed by atoms with Crippen LogP contribution in [0.4, 0.5) is 4.39 Å². The van der Waals surface area contributed by atoms with Crippen LogP contribution in [0.1, 0.15) is 25.8 Å². The van der Waals surface area contributed by atoms with Gasteiger partial charge < -0.3 is 5.32 Å². The molecule has 0 aliphatic carbocycles. The van der Waals surface area contributed by atoms with Crippen LogP contribution in [0.5, 0.6) is 0 Å². The van der Waals surface area contributed by atoms with Crippen LogP contribution in [0.2, 0.25) is 0 Å². The predicted molar refractivity (Wildman–Crippen MR) is 77.6 cm³/mol. The van der Waals surface area contributed by atoms with Gasteiger partial charge in [0.15, 0.2) is 5.84 Å². The van der Waals surface area contributed by atoms with E-state index in [2.05, 4.69) is 15.3 Å². The van der Waals surface area contributed by atoms with E-state index in [0.29, 0.717) is 23.9 Å². The Hall–Kier alpha value is -1.55. The number of hydrogen-bond acceptors (Lipinski definition) is 3. The van der Waals surface area contributed by atoms with Crippen LogP contribution in [-0.2, 0) is 0 Å². The largest absolute Gasteiger partial charge is 0.317 e. The van der Waals surface area contributed by atoms with Crippen molar-refractivity contribution in [3.05, 3.63) is 35.6 Å². The Bertz CT molecular complexity index is 502. The van der Waals surface area contributed by atoms with Gasteiger partial charge in [0.25, 0.3) is 0 Å². The molecule has 1 saturated heterocycles. The molecule has 0 spiro atoms. The first-order chi connectivity index (χ1) is 8.84. The Kier molecular flexibility index (Phi) is 4.43. The number of nitrogens with one attached hydrogen (secondary N) is 1. The Morgan fingerprint density at radius 1 is 1.16 bits per heavy atom. The summed E-state index contributed by atoms with van der Waals surface area (Å²) in [6.07, 6.45) is 2.22. The number of piperidine rings is 1. The first kappa shape index (κ1) is 13.9. The molecule has 2 aliphatic rings. The van der Waals surface area contributed by atoms with Crippen LogP contribution in [0, 0.1) is 11.7 Å². The van der Waals surface area contributed by atoms with Gasteiger partial charge in [-0.1, -0.05) is 19.6 Å². The van der Waals surface area contributed by atoms with E-state index in [-0.39, 0.29) is 13.2 Å². The Labute approximate surface area is 113 Å². The van der Waals surface area contributed by atoms with E-state index < -0.39 is 0 Å². The number of aliphatic imine (C=N–C) groups is 2. The van der Waals surface area contributed by atoms with Gasteiger partial charge in [-0.05, 0) is 38.1 Å². The monoisotopic (exact) mass is 261 g/mol. The fourth-order valence-corrected chi connectivity index (χ4v) is 2.53. The summed E-state index contributed by atoms with van der Waals surface area (Å²) in [5.74, 6) is 0.826. The zero-order chi connectivity index (χ0) is 12.4. The average molecular weight is 261 g/mol. The SMILES string of the molecule is C.Fc1ccccc1C1=NCC(C2CCNCC2)=N1. The molecule has 2 aliphatic heterocycles. The maximum atomic E-state index is 13.7. The first-order valence-electron chi connectivity index (χ1n) is 6.42. The summed E-state index contributed by atoms with van der Waals surface area (Å²) in [6, 6.07) is 6.70. The van der Waals surface area contributed by atoms with Crippen molar-refractivity contribution in [3.8, 4) is 0 Å². The molecule has 3 nitrogen and oxygen atoms in total. The number of hydrogen-bond donors (Lipinski definition) is 1. The molecule has 0 aromatic heterocycles. The molecule has 1 aromatic rings. The molecule has 1 fully saturated rings. The Balaban J connectivity index is 0.00000133. The highest BCUT2D eigenvalue weighted by Gasteiger charge is 2.23. The molecule has 0 saturated carbocycles. The number of rotatable bonds is 2. The van der Waals surface area contributed by atoms with Crippen molar-refractivity contribution >= 4 is 11.5 Å². The lowest BCUT2D eigenvalue weighted by Crippen LogP contribution is -2.32. The zero-order valence-corrected chi connectivity index (χ0v) is 10.2. The maximum Gasteiger partial charge on any atom is 0.157 e. The van der Waals surface area contributed by atoms with Crippen molar-refractivity contribution in [2.75, 3.05) is 19.6 Å². The molecule has 0 amide bonds. The third-order valence-corrected chi connectivity index (χ3v) is 3.57. The third-order valence-electron chi connectivity index (χ3n) is 3.57. The first-order valence-corrected chi connectivity index (χ1v) is 6.42. The van der Waals surface area contributed by atoms with Crippen molar-refractivity contribution < 1.29 is 4.39 Å².